The summed E-state index contributed by atoms with van der Waals surface area (Å²) in [6.45, 7) is 3.05. The lowest BCUT2D eigenvalue weighted by Crippen LogP contribution is -2.24. The van der Waals surface area contributed by atoms with Gasteiger partial charge in [-0.1, -0.05) is 12.1 Å². The van der Waals surface area contributed by atoms with E-state index >= 15 is 0 Å². The average molecular weight is 386 g/mol. The van der Waals surface area contributed by atoms with Crippen LogP contribution in [-0.4, -0.2) is 38.9 Å². The number of esters is 1. The highest BCUT2D eigenvalue weighted by molar-refractivity contribution is 5.85. The molecule has 0 atom stereocenters. The Bertz CT molecular complexity index is 854. The predicted octanol–water partition coefficient (Wildman–Crippen LogP) is 2.47. The topological polar surface area (TPSA) is 95.5 Å². The molecule has 148 valence electrons. The van der Waals surface area contributed by atoms with Gasteiger partial charge in [-0.2, -0.15) is 5.10 Å². The third kappa shape index (κ3) is 6.01. The zero-order chi connectivity index (χ0) is 20.5. The molecule has 0 heterocycles. The van der Waals surface area contributed by atoms with Gasteiger partial charge in [0.1, 0.15) is 5.75 Å². The number of nitrogens with one attached hydrogen (secondary N) is 1. The Hall–Kier alpha value is -3.55. The highest BCUT2D eigenvalue weighted by Gasteiger charge is 2.15. The monoisotopic (exact) mass is 386 g/mol. The first-order valence-electron chi connectivity index (χ1n) is 8.38. The highest BCUT2D eigenvalue weighted by Crippen LogP contribution is 2.38. The molecule has 0 saturated heterocycles. The largest absolute Gasteiger partial charge is 0.493 e. The molecule has 2 aromatic rings. The van der Waals surface area contributed by atoms with Gasteiger partial charge in [-0.25, -0.2) is 5.43 Å². The molecule has 8 nitrogen and oxygen atoms in total. The Kier molecular flexibility index (Phi) is 7.38. The van der Waals surface area contributed by atoms with Crippen molar-refractivity contribution in [2.45, 2.75) is 13.8 Å². The molecule has 0 aliphatic rings. The van der Waals surface area contributed by atoms with Crippen LogP contribution in [0.5, 0.6) is 23.0 Å². The van der Waals surface area contributed by atoms with Crippen LogP contribution in [0, 0.1) is 6.92 Å². The fourth-order valence-corrected chi connectivity index (χ4v) is 2.28. The van der Waals surface area contributed by atoms with Crippen molar-refractivity contribution in [2.75, 3.05) is 20.8 Å². The summed E-state index contributed by atoms with van der Waals surface area (Å²) >= 11 is 0. The van der Waals surface area contributed by atoms with E-state index in [1.807, 2.05) is 25.1 Å². The van der Waals surface area contributed by atoms with Gasteiger partial charge in [-0.15, -0.1) is 0 Å². The lowest BCUT2D eigenvalue weighted by atomic mass is 10.2. The van der Waals surface area contributed by atoms with Crippen molar-refractivity contribution in [1.82, 2.24) is 5.43 Å². The van der Waals surface area contributed by atoms with E-state index in [1.54, 1.807) is 18.2 Å². The van der Waals surface area contributed by atoms with Gasteiger partial charge >= 0.3 is 5.97 Å². The summed E-state index contributed by atoms with van der Waals surface area (Å²) in [5.41, 5.74) is 3.99. The van der Waals surface area contributed by atoms with Crippen molar-refractivity contribution >= 4 is 18.1 Å². The van der Waals surface area contributed by atoms with E-state index in [0.717, 1.165) is 5.56 Å². The number of amides is 1. The van der Waals surface area contributed by atoms with Gasteiger partial charge in [0.15, 0.2) is 18.1 Å². The minimum atomic E-state index is -0.501. The Morgan fingerprint density at radius 2 is 1.79 bits per heavy atom. The van der Waals surface area contributed by atoms with Crippen molar-refractivity contribution < 1.29 is 28.5 Å². The Morgan fingerprint density at radius 3 is 2.36 bits per heavy atom. The lowest BCUT2D eigenvalue weighted by Gasteiger charge is -2.13. The summed E-state index contributed by atoms with van der Waals surface area (Å²) in [5, 5.41) is 3.89. The summed E-state index contributed by atoms with van der Waals surface area (Å²) in [4.78, 5) is 23.1. The quantitative estimate of drug-likeness (QED) is 0.324. The molecule has 0 spiro atoms. The number of hydrogen-bond acceptors (Lipinski definition) is 7. The van der Waals surface area contributed by atoms with Crippen LogP contribution < -0.4 is 24.4 Å². The van der Waals surface area contributed by atoms with E-state index in [1.165, 1.54) is 27.4 Å². The number of hydrogen-bond donors (Lipinski definition) is 1. The van der Waals surface area contributed by atoms with E-state index in [0.29, 0.717) is 22.8 Å². The maximum Gasteiger partial charge on any atom is 0.308 e. The molecule has 0 unspecified atom stereocenters. The van der Waals surface area contributed by atoms with Crippen LogP contribution >= 0.6 is 0 Å². The first-order chi connectivity index (χ1) is 13.4. The maximum atomic E-state index is 11.9. The molecule has 0 bridgehead atoms. The van der Waals surface area contributed by atoms with Gasteiger partial charge in [0.2, 0.25) is 5.75 Å². The van der Waals surface area contributed by atoms with Crippen LogP contribution in [0.2, 0.25) is 0 Å². The molecule has 1 amide bonds. The van der Waals surface area contributed by atoms with E-state index < -0.39 is 11.9 Å². The van der Waals surface area contributed by atoms with Crippen molar-refractivity contribution in [2.24, 2.45) is 5.10 Å². The van der Waals surface area contributed by atoms with E-state index in [4.69, 9.17) is 18.9 Å². The third-order valence-electron chi connectivity index (χ3n) is 3.49. The second-order valence-corrected chi connectivity index (χ2v) is 5.75. The summed E-state index contributed by atoms with van der Waals surface area (Å²) in [6, 6.07) is 10.6. The predicted molar refractivity (Wildman–Crippen MR) is 103 cm³/mol. The molecule has 0 radical (unpaired) electrons. The standard InChI is InChI=1S/C20H22N2O6/c1-13-6-5-7-16(8-13)27-12-19(24)22-21-11-15-9-17(25-3)20(28-14(2)23)18(10-15)26-4/h5-11H,12H2,1-4H3,(H,22,24)/b21-11-. The number of ether oxygens (including phenoxy) is 4. The Labute approximate surface area is 163 Å². The molecule has 2 aromatic carbocycles. The third-order valence-corrected chi connectivity index (χ3v) is 3.49. The number of aryl methyl sites for hydroxylation is 1. The van der Waals surface area contributed by atoms with Crippen LogP contribution in [0.15, 0.2) is 41.5 Å². The van der Waals surface area contributed by atoms with E-state index in [2.05, 4.69) is 10.5 Å². The van der Waals surface area contributed by atoms with Crippen molar-refractivity contribution in [3.8, 4) is 23.0 Å². The van der Waals surface area contributed by atoms with Crippen LogP contribution in [-0.2, 0) is 9.59 Å². The smallest absolute Gasteiger partial charge is 0.308 e. The molecule has 1 N–H and O–H groups in total. The number of rotatable bonds is 8. The van der Waals surface area contributed by atoms with Crippen LogP contribution in [0.25, 0.3) is 0 Å². The first-order valence-corrected chi connectivity index (χ1v) is 8.38. The van der Waals surface area contributed by atoms with Gasteiger partial charge in [0.25, 0.3) is 5.91 Å². The highest BCUT2D eigenvalue weighted by atomic mass is 16.6. The number of methoxy groups -OCH3 is 2. The van der Waals surface area contributed by atoms with Crippen LogP contribution in [0.4, 0.5) is 0 Å². The number of carbonyl (C=O) groups excluding carboxylic acids is 2. The molecule has 0 aliphatic carbocycles. The van der Waals surface area contributed by atoms with Gasteiger partial charge in [-0.05, 0) is 36.8 Å². The number of nitrogens with zero attached hydrogens (tertiary/aromatic N) is 1. The second kappa shape index (κ2) is 9.96. The molecular formula is C20H22N2O6. The molecule has 0 aromatic heterocycles. The van der Waals surface area contributed by atoms with Crippen LogP contribution in [0.3, 0.4) is 0 Å². The first kappa shape index (κ1) is 20.8. The maximum absolute atomic E-state index is 11.9. The van der Waals surface area contributed by atoms with Crippen molar-refractivity contribution in [3.05, 3.63) is 47.5 Å². The molecule has 2 rings (SSSR count). The lowest BCUT2D eigenvalue weighted by molar-refractivity contribution is -0.132. The summed E-state index contributed by atoms with van der Waals surface area (Å²) in [5.74, 6) is 0.460. The summed E-state index contributed by atoms with van der Waals surface area (Å²) in [6.07, 6.45) is 1.41. The molecule has 0 fully saturated rings. The second-order valence-electron chi connectivity index (χ2n) is 5.75. The molecule has 28 heavy (non-hydrogen) atoms. The average Bonchev–Trinajstić information content (AvgIpc) is 2.66. The molecule has 0 aliphatic heterocycles. The van der Waals surface area contributed by atoms with Gasteiger partial charge in [-0.3, -0.25) is 9.59 Å². The zero-order valence-electron chi connectivity index (χ0n) is 16.1. The van der Waals surface area contributed by atoms with Gasteiger partial charge < -0.3 is 18.9 Å². The molecule has 0 saturated carbocycles. The fourth-order valence-electron chi connectivity index (χ4n) is 2.28. The van der Waals surface area contributed by atoms with Crippen LogP contribution in [0.1, 0.15) is 18.1 Å². The number of hydrazone groups is 1. The summed E-state index contributed by atoms with van der Waals surface area (Å²) in [7, 11) is 2.88. The van der Waals surface area contributed by atoms with E-state index in [9.17, 15) is 9.59 Å². The van der Waals surface area contributed by atoms with Gasteiger partial charge in [0.05, 0.1) is 20.4 Å². The van der Waals surface area contributed by atoms with Gasteiger partial charge in [0, 0.05) is 12.5 Å². The zero-order valence-corrected chi connectivity index (χ0v) is 16.1. The normalized spacial score (nSPS) is 10.4. The van der Waals surface area contributed by atoms with E-state index in [-0.39, 0.29) is 12.4 Å². The minimum Gasteiger partial charge on any atom is -0.493 e. The SMILES string of the molecule is COc1cc(/C=N\NC(=O)COc2cccc(C)c2)cc(OC)c1OC(C)=O. The van der Waals surface area contributed by atoms with Crippen molar-refractivity contribution in [1.29, 1.82) is 0 Å². The fraction of sp³-hybridized carbons (Fsp3) is 0.250. The molecule has 8 heteroatoms. The molecular weight excluding hydrogens is 364 g/mol. The summed E-state index contributed by atoms with van der Waals surface area (Å²) < 4.78 is 21.0. The Morgan fingerprint density at radius 1 is 1.11 bits per heavy atom. The number of benzene rings is 2. The minimum absolute atomic E-state index is 0.168. The van der Waals surface area contributed by atoms with Crippen molar-refractivity contribution in [3.63, 3.8) is 0 Å². The number of carbonyl (C=O) groups is 2. The Balaban J connectivity index is 2.00.